The Labute approximate surface area is 265 Å². The highest BCUT2D eigenvalue weighted by Crippen LogP contribution is 2.26. The highest BCUT2D eigenvalue weighted by Gasteiger charge is 2.26. The molecule has 2 amide bonds. The maximum Gasteiger partial charge on any atom is 0.251 e. The Morgan fingerprint density at radius 3 is 2.43 bits per heavy atom. The average Bonchev–Trinajstić information content (AvgIpc) is 3.66. The minimum atomic E-state index is -3.69. The number of thioether (sulfide) groups is 2. The number of nitrogens with one attached hydrogen (secondary N) is 2. The predicted octanol–water partition coefficient (Wildman–Crippen LogP) is 3.05. The van der Waals surface area contributed by atoms with E-state index in [1.165, 1.54) is 75.9 Å². The first-order valence-electron chi connectivity index (χ1n) is 13.3. The second-order valence-corrected chi connectivity index (χ2v) is 14.4. The Morgan fingerprint density at radius 1 is 1.00 bits per heavy atom. The van der Waals surface area contributed by atoms with Gasteiger partial charge < -0.3 is 10.1 Å². The highest BCUT2D eigenvalue weighted by atomic mass is 32.2. The Morgan fingerprint density at radius 2 is 1.73 bits per heavy atom. The lowest BCUT2D eigenvalue weighted by Crippen LogP contribution is -2.40. The number of carbonyl (C=O) groups is 2. The molecule has 13 nitrogen and oxygen atoms in total. The number of benzene rings is 2. The van der Waals surface area contributed by atoms with Crippen molar-refractivity contribution in [1.29, 1.82) is 0 Å². The quantitative estimate of drug-likeness (QED) is 0.167. The Hall–Kier alpha value is -3.42. The van der Waals surface area contributed by atoms with Gasteiger partial charge in [-0.15, -0.1) is 20.4 Å². The molecule has 0 bridgehead atoms. The van der Waals surface area contributed by atoms with Crippen molar-refractivity contribution in [2.75, 3.05) is 43.1 Å². The number of sulfonamides is 1. The highest BCUT2D eigenvalue weighted by molar-refractivity contribution is 8.01. The molecule has 0 radical (unpaired) electrons. The van der Waals surface area contributed by atoms with E-state index in [1.54, 1.807) is 4.57 Å². The fourth-order valence-electron chi connectivity index (χ4n) is 4.06. The Balaban J connectivity index is 1.26. The van der Waals surface area contributed by atoms with Gasteiger partial charge in [0.2, 0.25) is 21.1 Å². The predicted molar refractivity (Wildman–Crippen MR) is 164 cm³/mol. The lowest BCUT2D eigenvalue weighted by atomic mass is 10.2. The van der Waals surface area contributed by atoms with Gasteiger partial charge in [-0.3, -0.25) is 19.5 Å². The van der Waals surface area contributed by atoms with Crippen molar-refractivity contribution in [3.8, 4) is 5.69 Å². The van der Waals surface area contributed by atoms with Gasteiger partial charge in [-0.2, -0.15) is 4.31 Å². The summed E-state index contributed by atoms with van der Waals surface area (Å²) in [5.74, 6) is -0.0401. The van der Waals surface area contributed by atoms with Crippen LogP contribution in [0.2, 0.25) is 0 Å². The fourth-order valence-corrected chi connectivity index (χ4v) is 7.90. The molecular formula is C26H27FN8O5S4. The van der Waals surface area contributed by atoms with Crippen LogP contribution in [0.4, 0.5) is 9.52 Å². The van der Waals surface area contributed by atoms with Crippen molar-refractivity contribution >= 4 is 61.8 Å². The van der Waals surface area contributed by atoms with Gasteiger partial charge in [0, 0.05) is 24.3 Å². The molecule has 18 heteroatoms. The van der Waals surface area contributed by atoms with Gasteiger partial charge in [0.15, 0.2) is 15.3 Å². The maximum atomic E-state index is 13.7. The normalized spacial score (nSPS) is 14.0. The number of carbonyl (C=O) groups excluding carboxylic acids is 2. The number of hydrogen-bond donors (Lipinski definition) is 2. The summed E-state index contributed by atoms with van der Waals surface area (Å²) in [5.41, 5.74) is 0.786. The molecule has 2 N–H and O–H groups in total. The number of aromatic nitrogens is 5. The third kappa shape index (κ3) is 7.80. The van der Waals surface area contributed by atoms with Crippen LogP contribution >= 0.6 is 34.9 Å². The van der Waals surface area contributed by atoms with Crippen LogP contribution < -0.4 is 10.6 Å². The molecule has 1 aliphatic rings. The van der Waals surface area contributed by atoms with E-state index in [-0.39, 0.29) is 41.8 Å². The van der Waals surface area contributed by atoms with Crippen molar-refractivity contribution < 1.29 is 27.1 Å². The van der Waals surface area contributed by atoms with E-state index in [4.69, 9.17) is 4.74 Å². The number of ether oxygens (including phenoxy) is 1. The third-order valence-electron chi connectivity index (χ3n) is 6.17. The number of amides is 2. The van der Waals surface area contributed by atoms with Crippen molar-refractivity contribution in [2.24, 2.45) is 0 Å². The SMILES string of the molecule is CCSc1nnc(NC(=O)CSc2nnc(CNC(=O)c3ccc(S(=O)(=O)N4CCOCC4)cc3)n2-c2ccc(F)cc2)s1. The first kappa shape index (κ1) is 32.0. The summed E-state index contributed by atoms with van der Waals surface area (Å²) >= 11 is 3.92. The van der Waals surface area contributed by atoms with Crippen molar-refractivity contribution in [2.45, 2.75) is 27.9 Å². The van der Waals surface area contributed by atoms with Gasteiger partial charge in [-0.1, -0.05) is 41.8 Å². The van der Waals surface area contributed by atoms with Crippen LogP contribution in [0.5, 0.6) is 0 Å². The van der Waals surface area contributed by atoms with E-state index in [9.17, 15) is 22.4 Å². The molecule has 1 saturated heterocycles. The molecule has 0 aliphatic carbocycles. The summed E-state index contributed by atoms with van der Waals surface area (Å²) in [6.07, 6.45) is 0. The van der Waals surface area contributed by atoms with Crippen LogP contribution in [0.3, 0.4) is 0 Å². The summed E-state index contributed by atoms with van der Waals surface area (Å²) in [5, 5.41) is 22.6. The first-order valence-corrected chi connectivity index (χ1v) is 17.5. The summed E-state index contributed by atoms with van der Waals surface area (Å²) in [7, 11) is -3.69. The lowest BCUT2D eigenvalue weighted by Gasteiger charge is -2.26. The average molecular weight is 679 g/mol. The number of rotatable bonds is 12. The van der Waals surface area contributed by atoms with Gasteiger partial charge in [0.1, 0.15) is 5.82 Å². The molecule has 2 aromatic carbocycles. The molecule has 44 heavy (non-hydrogen) atoms. The van der Waals surface area contributed by atoms with E-state index >= 15 is 0 Å². The maximum absolute atomic E-state index is 13.7. The number of hydrogen-bond acceptors (Lipinski definition) is 12. The Kier molecular flexibility index (Phi) is 10.6. The molecule has 0 saturated carbocycles. The molecule has 232 valence electrons. The molecule has 1 aliphatic heterocycles. The topological polar surface area (TPSA) is 161 Å². The monoisotopic (exact) mass is 678 g/mol. The number of halogens is 1. The van der Waals surface area contributed by atoms with E-state index in [0.29, 0.717) is 35.0 Å². The number of nitrogens with zero attached hydrogens (tertiary/aromatic N) is 6. The molecule has 2 aromatic heterocycles. The van der Waals surface area contributed by atoms with Crippen molar-refractivity contribution in [1.82, 2.24) is 34.6 Å². The smallest absolute Gasteiger partial charge is 0.251 e. The van der Waals surface area contributed by atoms with Gasteiger partial charge in [0.25, 0.3) is 5.91 Å². The fraction of sp³-hybridized carbons (Fsp3) is 0.308. The molecule has 4 aromatic rings. The second-order valence-electron chi connectivity index (χ2n) is 9.08. The molecule has 0 atom stereocenters. The van der Waals surface area contributed by atoms with Crippen molar-refractivity contribution in [3.05, 3.63) is 65.7 Å². The van der Waals surface area contributed by atoms with Gasteiger partial charge in [0.05, 0.1) is 30.4 Å². The van der Waals surface area contributed by atoms with Gasteiger partial charge in [-0.25, -0.2) is 12.8 Å². The summed E-state index contributed by atoms with van der Waals surface area (Å²) in [6.45, 7) is 3.15. The largest absolute Gasteiger partial charge is 0.379 e. The Bertz CT molecular complexity index is 1710. The first-order chi connectivity index (χ1) is 21.2. The zero-order valence-corrected chi connectivity index (χ0v) is 26.6. The third-order valence-corrected chi connectivity index (χ3v) is 10.9. The molecule has 5 rings (SSSR count). The molecule has 0 unspecified atom stereocenters. The minimum Gasteiger partial charge on any atom is -0.379 e. The molecule has 3 heterocycles. The standard InChI is InChI=1S/C26H27FN8O5S4/c1-2-41-26-33-31-24(43-26)29-22(36)16-42-25-32-30-21(35(25)19-7-5-18(27)6-8-19)15-28-23(37)17-3-9-20(10-4-17)44(38,39)34-11-13-40-14-12-34/h3-10H,2,11-16H2,1H3,(H,28,37)(H,29,31,36). The summed E-state index contributed by atoms with van der Waals surface area (Å²) in [6, 6.07) is 11.3. The lowest BCUT2D eigenvalue weighted by molar-refractivity contribution is -0.113. The minimum absolute atomic E-state index is 0.0127. The van der Waals surface area contributed by atoms with Crippen LogP contribution in [0.1, 0.15) is 23.1 Å². The summed E-state index contributed by atoms with van der Waals surface area (Å²) in [4.78, 5) is 25.6. The molecule has 0 spiro atoms. The van der Waals surface area contributed by atoms with E-state index < -0.39 is 21.7 Å². The van der Waals surface area contributed by atoms with Crippen LogP contribution in [0.25, 0.3) is 5.69 Å². The van der Waals surface area contributed by atoms with E-state index in [1.807, 2.05) is 6.92 Å². The van der Waals surface area contributed by atoms with E-state index in [2.05, 4.69) is 31.0 Å². The number of morpholine rings is 1. The second kappa shape index (κ2) is 14.6. The molecule has 1 fully saturated rings. The van der Waals surface area contributed by atoms with Crippen LogP contribution in [0.15, 0.2) is 62.9 Å². The zero-order valence-electron chi connectivity index (χ0n) is 23.3. The zero-order chi connectivity index (χ0) is 31.1. The number of anilines is 1. The van der Waals surface area contributed by atoms with E-state index in [0.717, 1.165) is 21.9 Å². The van der Waals surface area contributed by atoms with Crippen LogP contribution in [0, 0.1) is 5.82 Å². The van der Waals surface area contributed by atoms with Gasteiger partial charge >= 0.3 is 0 Å². The summed E-state index contributed by atoms with van der Waals surface area (Å²) < 4.78 is 48.4. The van der Waals surface area contributed by atoms with Crippen LogP contribution in [-0.4, -0.2) is 87.3 Å². The van der Waals surface area contributed by atoms with Gasteiger partial charge in [-0.05, 0) is 54.3 Å². The van der Waals surface area contributed by atoms with Crippen molar-refractivity contribution in [3.63, 3.8) is 0 Å². The van der Waals surface area contributed by atoms with Crippen LogP contribution in [-0.2, 0) is 26.1 Å². The molecular weight excluding hydrogens is 652 g/mol.